The fourth-order valence-electron chi connectivity index (χ4n) is 4.22. The summed E-state index contributed by atoms with van der Waals surface area (Å²) in [6.45, 7) is 1.54. The van der Waals surface area contributed by atoms with Crippen LogP contribution in [-0.2, 0) is 6.42 Å². The molecule has 1 aromatic heterocycles. The third-order valence-electron chi connectivity index (χ3n) is 5.72. The Kier molecular flexibility index (Phi) is 4.90. The number of hydrogen-bond acceptors (Lipinski definition) is 5. The van der Waals surface area contributed by atoms with E-state index >= 15 is 0 Å². The zero-order valence-corrected chi connectivity index (χ0v) is 17.9. The van der Waals surface area contributed by atoms with Gasteiger partial charge >= 0.3 is 0 Å². The van der Waals surface area contributed by atoms with Gasteiger partial charge in [0.15, 0.2) is 17.2 Å². The van der Waals surface area contributed by atoms with Crippen LogP contribution in [0.3, 0.4) is 0 Å². The largest absolute Gasteiger partial charge is 0.493 e. The lowest BCUT2D eigenvalue weighted by molar-refractivity contribution is 0.0765. The van der Waals surface area contributed by atoms with Crippen LogP contribution in [0.4, 0.5) is 0 Å². The highest BCUT2D eigenvalue weighted by Gasteiger charge is 2.34. The van der Waals surface area contributed by atoms with Gasteiger partial charge in [-0.25, -0.2) is 4.68 Å². The molecule has 2 aromatic carbocycles. The average molecular weight is 422 g/mol. The first-order valence-electron chi connectivity index (χ1n) is 10.0. The van der Waals surface area contributed by atoms with E-state index in [0.717, 1.165) is 52.7 Å². The lowest BCUT2D eigenvalue weighted by Crippen LogP contribution is -2.38. The number of carbonyl (C=O) groups is 1. The second-order valence-electron chi connectivity index (χ2n) is 7.37. The molecule has 0 saturated carbocycles. The molecule has 2 heterocycles. The van der Waals surface area contributed by atoms with Crippen LogP contribution in [0.1, 0.15) is 21.6 Å². The number of benzene rings is 2. The van der Waals surface area contributed by atoms with Gasteiger partial charge in [0.2, 0.25) is 0 Å². The van der Waals surface area contributed by atoms with E-state index in [1.807, 2.05) is 63.8 Å². The molecule has 1 amide bonds. The number of nitrogens with zero attached hydrogens (tertiary/aromatic N) is 3. The maximum absolute atomic E-state index is 13.4. The Morgan fingerprint density at radius 3 is 2.43 bits per heavy atom. The van der Waals surface area contributed by atoms with Gasteiger partial charge in [-0.2, -0.15) is 16.9 Å². The molecule has 0 bridgehead atoms. The summed E-state index contributed by atoms with van der Waals surface area (Å²) in [7, 11) is 3.28. The Hall–Kier alpha value is -2.93. The minimum Gasteiger partial charge on any atom is -0.493 e. The highest BCUT2D eigenvalue weighted by Crippen LogP contribution is 2.45. The first-order chi connectivity index (χ1) is 14.7. The Labute approximate surface area is 179 Å². The van der Waals surface area contributed by atoms with Crippen molar-refractivity contribution in [1.29, 1.82) is 0 Å². The van der Waals surface area contributed by atoms with Crippen molar-refractivity contribution < 1.29 is 14.3 Å². The van der Waals surface area contributed by atoms with Gasteiger partial charge in [-0.15, -0.1) is 0 Å². The van der Waals surface area contributed by atoms with Crippen LogP contribution < -0.4 is 9.47 Å². The SMILES string of the molecule is COc1cc2c(cc1OC)-c1c(c(C(=O)N3CCSCC3)nn1-c1ccccc1)C2. The maximum Gasteiger partial charge on any atom is 0.274 e. The van der Waals surface area contributed by atoms with Crippen LogP contribution in [0, 0.1) is 0 Å². The van der Waals surface area contributed by atoms with Crippen LogP contribution >= 0.6 is 11.8 Å². The van der Waals surface area contributed by atoms with E-state index in [-0.39, 0.29) is 5.91 Å². The van der Waals surface area contributed by atoms with E-state index in [0.29, 0.717) is 23.6 Å². The summed E-state index contributed by atoms with van der Waals surface area (Å²) in [5, 5.41) is 4.82. The van der Waals surface area contributed by atoms with Crippen molar-refractivity contribution in [1.82, 2.24) is 14.7 Å². The molecule has 0 N–H and O–H groups in total. The van der Waals surface area contributed by atoms with E-state index in [1.165, 1.54) is 0 Å². The van der Waals surface area contributed by atoms with E-state index in [2.05, 4.69) is 0 Å². The smallest absolute Gasteiger partial charge is 0.274 e. The van der Waals surface area contributed by atoms with Crippen LogP contribution in [0.5, 0.6) is 11.5 Å². The Morgan fingerprint density at radius 2 is 1.73 bits per heavy atom. The summed E-state index contributed by atoms with van der Waals surface area (Å²) in [6, 6.07) is 14.0. The van der Waals surface area contributed by atoms with Crippen LogP contribution in [0.25, 0.3) is 16.9 Å². The van der Waals surface area contributed by atoms with Gasteiger partial charge < -0.3 is 14.4 Å². The molecule has 0 unspecified atom stereocenters. The topological polar surface area (TPSA) is 56.6 Å². The number of amides is 1. The number of aromatic nitrogens is 2. The predicted molar refractivity (Wildman–Crippen MR) is 118 cm³/mol. The number of thioether (sulfide) groups is 1. The van der Waals surface area contributed by atoms with Crippen molar-refractivity contribution >= 4 is 17.7 Å². The van der Waals surface area contributed by atoms with Gasteiger partial charge in [0.1, 0.15) is 0 Å². The van der Waals surface area contributed by atoms with Crippen molar-refractivity contribution in [2.75, 3.05) is 38.8 Å². The van der Waals surface area contributed by atoms with E-state index in [9.17, 15) is 4.79 Å². The van der Waals surface area contributed by atoms with Gasteiger partial charge in [-0.05, 0) is 29.8 Å². The lowest BCUT2D eigenvalue weighted by atomic mass is 10.1. The number of fused-ring (bicyclic) bond motifs is 3. The normalized spacial score (nSPS) is 14.9. The van der Waals surface area contributed by atoms with Crippen molar-refractivity contribution in [2.45, 2.75) is 6.42 Å². The molecule has 3 aromatic rings. The van der Waals surface area contributed by atoms with Gasteiger partial charge in [0, 0.05) is 42.1 Å². The molecule has 154 valence electrons. The molecular weight excluding hydrogens is 398 g/mol. The summed E-state index contributed by atoms with van der Waals surface area (Å²) in [5.41, 5.74) is 5.58. The van der Waals surface area contributed by atoms with Crippen molar-refractivity contribution in [3.05, 3.63) is 59.3 Å². The first kappa shape index (κ1) is 19.1. The van der Waals surface area contributed by atoms with E-state index in [1.54, 1.807) is 14.2 Å². The molecular formula is C23H23N3O3S. The van der Waals surface area contributed by atoms with E-state index < -0.39 is 0 Å². The van der Waals surface area contributed by atoms with Crippen LogP contribution in [0.2, 0.25) is 0 Å². The minimum atomic E-state index is 0.0213. The van der Waals surface area contributed by atoms with Crippen molar-refractivity contribution in [3.63, 3.8) is 0 Å². The molecule has 1 saturated heterocycles. The monoisotopic (exact) mass is 421 g/mol. The summed E-state index contributed by atoms with van der Waals surface area (Å²) in [5.74, 6) is 3.34. The molecule has 0 atom stereocenters. The second-order valence-corrected chi connectivity index (χ2v) is 8.59. The fourth-order valence-corrected chi connectivity index (χ4v) is 5.12. The van der Waals surface area contributed by atoms with Gasteiger partial charge in [-0.3, -0.25) is 4.79 Å². The zero-order valence-electron chi connectivity index (χ0n) is 17.1. The summed E-state index contributed by atoms with van der Waals surface area (Å²) in [4.78, 5) is 15.3. The van der Waals surface area contributed by atoms with E-state index in [4.69, 9.17) is 14.6 Å². The number of rotatable bonds is 4. The number of methoxy groups -OCH3 is 2. The predicted octanol–water partition coefficient (Wildman–Crippen LogP) is 3.65. The molecule has 2 aliphatic rings. The number of para-hydroxylation sites is 1. The molecule has 1 aliphatic carbocycles. The summed E-state index contributed by atoms with van der Waals surface area (Å²) < 4.78 is 12.9. The summed E-state index contributed by atoms with van der Waals surface area (Å²) in [6.07, 6.45) is 0.654. The third kappa shape index (κ3) is 3.04. The number of hydrogen-bond donors (Lipinski definition) is 0. The molecule has 0 spiro atoms. The number of carbonyl (C=O) groups excluding carboxylic acids is 1. The van der Waals surface area contributed by atoms with Gasteiger partial charge in [0.05, 0.1) is 25.6 Å². The fraction of sp³-hybridized carbons (Fsp3) is 0.304. The van der Waals surface area contributed by atoms with Crippen molar-refractivity contribution in [3.8, 4) is 28.4 Å². The highest BCUT2D eigenvalue weighted by molar-refractivity contribution is 7.99. The van der Waals surface area contributed by atoms with Crippen LogP contribution in [0.15, 0.2) is 42.5 Å². The van der Waals surface area contributed by atoms with Gasteiger partial charge in [0.25, 0.3) is 5.91 Å². The first-order valence-corrected chi connectivity index (χ1v) is 11.2. The molecule has 6 nitrogen and oxygen atoms in total. The standard InChI is InChI=1S/C23H23N3O3S/c1-28-19-13-15-12-18-21(23(27)25-8-10-30-11-9-25)24-26(16-6-4-3-5-7-16)22(18)17(15)14-20(19)29-2/h3-7,13-14H,8-12H2,1-2H3. The Morgan fingerprint density at radius 1 is 1.03 bits per heavy atom. The Balaban J connectivity index is 1.68. The molecule has 5 rings (SSSR count). The number of ether oxygens (including phenoxy) is 2. The highest BCUT2D eigenvalue weighted by atomic mass is 32.2. The molecule has 1 fully saturated rings. The molecule has 1 aliphatic heterocycles. The third-order valence-corrected chi connectivity index (χ3v) is 6.66. The quantitative estimate of drug-likeness (QED) is 0.503. The lowest BCUT2D eigenvalue weighted by Gasteiger charge is -2.25. The van der Waals surface area contributed by atoms with Crippen molar-refractivity contribution in [2.24, 2.45) is 0 Å². The Bertz CT molecular complexity index is 1100. The average Bonchev–Trinajstić information content (AvgIpc) is 3.35. The summed E-state index contributed by atoms with van der Waals surface area (Å²) >= 11 is 1.89. The second kappa shape index (κ2) is 7.72. The zero-order chi connectivity index (χ0) is 20.7. The molecule has 7 heteroatoms. The van der Waals surface area contributed by atoms with Gasteiger partial charge in [-0.1, -0.05) is 18.2 Å². The van der Waals surface area contributed by atoms with Crippen LogP contribution in [-0.4, -0.2) is 59.4 Å². The maximum atomic E-state index is 13.4. The minimum absolute atomic E-state index is 0.0213. The molecule has 30 heavy (non-hydrogen) atoms. The molecule has 0 radical (unpaired) electrons.